The Labute approximate surface area is 133 Å². The molecule has 3 nitrogen and oxygen atoms in total. The van der Waals surface area contributed by atoms with E-state index in [2.05, 4.69) is 41.5 Å². The van der Waals surface area contributed by atoms with E-state index in [0.29, 0.717) is 17.9 Å². The molecule has 1 saturated heterocycles. The molecule has 0 saturated carbocycles. The van der Waals surface area contributed by atoms with Crippen LogP contribution in [0.1, 0.15) is 58.2 Å². The normalized spacial score (nSPS) is 18.3. The van der Waals surface area contributed by atoms with Crippen LogP contribution in [0.5, 0.6) is 5.75 Å². The third-order valence-corrected chi connectivity index (χ3v) is 3.94. The highest BCUT2D eigenvalue weighted by atomic mass is 16.5. The first-order valence-electron chi connectivity index (χ1n) is 7.69. The number of hydrogen-bond donors (Lipinski definition) is 1. The number of carbonyl (C=O) groups is 1. The molecule has 1 aromatic rings. The van der Waals surface area contributed by atoms with Crippen molar-refractivity contribution in [3.05, 3.63) is 34.4 Å². The van der Waals surface area contributed by atoms with Crippen LogP contribution in [0.2, 0.25) is 0 Å². The Bertz CT molecular complexity index is 590. The molecule has 1 aliphatic rings. The number of hydrogen-bond acceptors (Lipinski definition) is 3. The molecule has 0 aliphatic carbocycles. The van der Waals surface area contributed by atoms with Gasteiger partial charge in [0.2, 0.25) is 0 Å². The molecule has 2 rings (SSSR count). The number of ether oxygens (including phenoxy) is 1. The first kappa shape index (κ1) is 16.8. The third kappa shape index (κ3) is 3.41. The van der Waals surface area contributed by atoms with E-state index in [0.717, 1.165) is 16.7 Å². The maximum absolute atomic E-state index is 11.8. The van der Waals surface area contributed by atoms with Crippen LogP contribution in [0.25, 0.3) is 6.08 Å². The van der Waals surface area contributed by atoms with Gasteiger partial charge in [-0.2, -0.15) is 0 Å². The Morgan fingerprint density at radius 1 is 1.00 bits per heavy atom. The molecule has 0 unspecified atom stereocenters. The van der Waals surface area contributed by atoms with Gasteiger partial charge in [0.25, 0.3) is 0 Å². The summed E-state index contributed by atoms with van der Waals surface area (Å²) in [5.74, 6) is 0.402. The minimum atomic E-state index is -0.172. The van der Waals surface area contributed by atoms with Crippen LogP contribution in [0.15, 0.2) is 17.7 Å². The molecule has 1 fully saturated rings. The number of benzene rings is 1. The summed E-state index contributed by atoms with van der Waals surface area (Å²) in [6.45, 7) is 13.0. The van der Waals surface area contributed by atoms with E-state index in [4.69, 9.17) is 4.74 Å². The van der Waals surface area contributed by atoms with E-state index in [1.807, 2.05) is 18.2 Å². The standard InChI is InChI=1S/C19H26O3/c1-18(2,3)14-8-12(7-13-10-22-11-16(13)20)9-15(17(14)21)19(4,5)6/h7-9,21H,10-11H2,1-6H3. The van der Waals surface area contributed by atoms with Crippen LogP contribution >= 0.6 is 0 Å². The van der Waals surface area contributed by atoms with Crippen molar-refractivity contribution in [2.45, 2.75) is 52.4 Å². The van der Waals surface area contributed by atoms with Crippen LogP contribution in [-0.2, 0) is 20.4 Å². The van der Waals surface area contributed by atoms with Crippen LogP contribution in [0.4, 0.5) is 0 Å². The summed E-state index contributed by atoms with van der Waals surface area (Å²) in [4.78, 5) is 11.8. The molecule has 0 atom stereocenters. The van der Waals surface area contributed by atoms with Gasteiger partial charge in [0.05, 0.1) is 6.61 Å². The minimum absolute atomic E-state index is 0.0442. The first-order valence-corrected chi connectivity index (χ1v) is 7.69. The van der Waals surface area contributed by atoms with Gasteiger partial charge < -0.3 is 9.84 Å². The van der Waals surface area contributed by atoms with Gasteiger partial charge in [0.15, 0.2) is 5.78 Å². The van der Waals surface area contributed by atoms with Crippen molar-refractivity contribution in [3.8, 4) is 5.75 Å². The fourth-order valence-corrected chi connectivity index (χ4v) is 2.63. The monoisotopic (exact) mass is 302 g/mol. The number of aromatic hydroxyl groups is 1. The SMILES string of the molecule is CC(C)(C)c1cc(C=C2COCC2=O)cc(C(C)(C)C)c1O. The predicted molar refractivity (Wildman–Crippen MR) is 89.3 cm³/mol. The Balaban J connectivity index is 2.63. The van der Waals surface area contributed by atoms with Gasteiger partial charge in [0.1, 0.15) is 12.4 Å². The van der Waals surface area contributed by atoms with Gasteiger partial charge in [-0.05, 0) is 34.6 Å². The maximum atomic E-state index is 11.8. The van der Waals surface area contributed by atoms with Crippen molar-refractivity contribution >= 4 is 11.9 Å². The zero-order chi connectivity index (χ0) is 16.7. The molecule has 0 spiro atoms. The molecule has 0 radical (unpaired) electrons. The van der Waals surface area contributed by atoms with Crippen molar-refractivity contribution in [3.63, 3.8) is 0 Å². The highest BCUT2D eigenvalue weighted by Gasteiger charge is 2.26. The van der Waals surface area contributed by atoms with Crippen LogP contribution in [0.3, 0.4) is 0 Å². The first-order chi connectivity index (χ1) is 10.00. The van der Waals surface area contributed by atoms with Crippen LogP contribution < -0.4 is 0 Å². The summed E-state index contributed by atoms with van der Waals surface area (Å²) < 4.78 is 5.19. The van der Waals surface area contributed by atoms with Gasteiger partial charge in [-0.3, -0.25) is 4.79 Å². The largest absolute Gasteiger partial charge is 0.507 e. The third-order valence-electron chi connectivity index (χ3n) is 3.94. The lowest BCUT2D eigenvalue weighted by atomic mass is 9.78. The van der Waals surface area contributed by atoms with Crippen molar-refractivity contribution < 1.29 is 14.6 Å². The van der Waals surface area contributed by atoms with E-state index in [-0.39, 0.29) is 23.2 Å². The van der Waals surface area contributed by atoms with Crippen molar-refractivity contribution in [1.82, 2.24) is 0 Å². The van der Waals surface area contributed by atoms with Gasteiger partial charge in [-0.15, -0.1) is 0 Å². The number of phenols is 1. The zero-order valence-corrected chi connectivity index (χ0v) is 14.4. The van der Waals surface area contributed by atoms with Gasteiger partial charge in [0, 0.05) is 16.7 Å². The number of ketones is 1. The Hall–Kier alpha value is -1.61. The van der Waals surface area contributed by atoms with Gasteiger partial charge in [-0.25, -0.2) is 0 Å². The molecular formula is C19H26O3. The van der Waals surface area contributed by atoms with Crippen LogP contribution in [-0.4, -0.2) is 24.1 Å². The molecule has 0 amide bonds. The second-order valence-corrected chi connectivity index (χ2v) is 8.05. The molecule has 0 aromatic heterocycles. The molecule has 0 bridgehead atoms. The topological polar surface area (TPSA) is 46.5 Å². The summed E-state index contributed by atoms with van der Waals surface area (Å²) in [5.41, 5.74) is 3.10. The van der Waals surface area contributed by atoms with Gasteiger partial charge >= 0.3 is 0 Å². The smallest absolute Gasteiger partial charge is 0.186 e. The fraction of sp³-hybridized carbons (Fsp3) is 0.526. The highest BCUT2D eigenvalue weighted by molar-refractivity contribution is 6.02. The van der Waals surface area contributed by atoms with E-state index >= 15 is 0 Å². The number of Topliss-reactive ketones (excluding diaryl/α,β-unsaturated/α-hetero) is 1. The summed E-state index contributed by atoms with van der Waals surface area (Å²) in [5, 5.41) is 10.7. The Morgan fingerprint density at radius 2 is 1.50 bits per heavy atom. The zero-order valence-electron chi connectivity index (χ0n) is 14.4. The summed E-state index contributed by atoms with van der Waals surface area (Å²) in [6.07, 6.45) is 1.89. The molecule has 1 heterocycles. The number of phenolic OH excluding ortho intramolecular Hbond substituents is 1. The van der Waals surface area contributed by atoms with Crippen molar-refractivity contribution in [2.75, 3.05) is 13.2 Å². The second-order valence-electron chi connectivity index (χ2n) is 8.05. The molecule has 3 heteroatoms. The number of carbonyl (C=O) groups excluding carboxylic acids is 1. The van der Waals surface area contributed by atoms with E-state index in [1.54, 1.807) is 0 Å². The molecule has 1 aliphatic heterocycles. The van der Waals surface area contributed by atoms with Gasteiger partial charge in [-0.1, -0.05) is 41.5 Å². The Kier molecular flexibility index (Phi) is 4.22. The molecule has 1 aromatic carbocycles. The summed E-state index contributed by atoms with van der Waals surface area (Å²) >= 11 is 0. The number of rotatable bonds is 1. The van der Waals surface area contributed by atoms with Crippen LogP contribution in [0, 0.1) is 0 Å². The van der Waals surface area contributed by atoms with Crippen molar-refractivity contribution in [1.29, 1.82) is 0 Å². The summed E-state index contributed by atoms with van der Waals surface area (Å²) in [7, 11) is 0. The van der Waals surface area contributed by atoms with E-state index < -0.39 is 0 Å². The van der Waals surface area contributed by atoms with E-state index in [1.165, 1.54) is 0 Å². The Morgan fingerprint density at radius 3 is 1.86 bits per heavy atom. The predicted octanol–water partition coefficient (Wildman–Crippen LogP) is 3.97. The molecular weight excluding hydrogens is 276 g/mol. The fourth-order valence-electron chi connectivity index (χ4n) is 2.63. The lowest BCUT2D eigenvalue weighted by Gasteiger charge is -2.28. The minimum Gasteiger partial charge on any atom is -0.507 e. The maximum Gasteiger partial charge on any atom is 0.186 e. The molecule has 120 valence electrons. The molecule has 1 N–H and O–H groups in total. The average molecular weight is 302 g/mol. The van der Waals surface area contributed by atoms with Crippen molar-refractivity contribution in [2.24, 2.45) is 0 Å². The van der Waals surface area contributed by atoms with E-state index in [9.17, 15) is 9.90 Å². The summed E-state index contributed by atoms with van der Waals surface area (Å²) in [6, 6.07) is 3.95. The average Bonchev–Trinajstić information content (AvgIpc) is 2.74. The molecule has 22 heavy (non-hydrogen) atoms. The lowest BCUT2D eigenvalue weighted by Crippen LogP contribution is -2.17. The highest BCUT2D eigenvalue weighted by Crippen LogP contribution is 2.40. The second kappa shape index (κ2) is 5.54. The lowest BCUT2D eigenvalue weighted by molar-refractivity contribution is -0.115. The quantitative estimate of drug-likeness (QED) is 0.798.